The molecule has 0 aromatic heterocycles. The van der Waals surface area contributed by atoms with Crippen LogP contribution in [-0.4, -0.2) is 6.36 Å². The van der Waals surface area contributed by atoms with Gasteiger partial charge in [-0.05, 0) is 59.0 Å². The minimum atomic E-state index is -5.20. The number of alkyl halides is 3. The predicted octanol–water partition coefficient (Wildman–Crippen LogP) is 7.26. The van der Waals surface area contributed by atoms with Crippen molar-refractivity contribution in [3.63, 3.8) is 0 Å². The third-order valence-electron chi connectivity index (χ3n) is 5.85. The van der Waals surface area contributed by atoms with Gasteiger partial charge in [0.25, 0.3) is 0 Å². The van der Waals surface area contributed by atoms with Crippen LogP contribution >= 0.6 is 0 Å². The fourth-order valence-electron chi connectivity index (χ4n) is 4.58. The van der Waals surface area contributed by atoms with Crippen molar-refractivity contribution >= 4 is 10.8 Å². The zero-order valence-corrected chi connectivity index (χ0v) is 16.0. The molecule has 1 aliphatic carbocycles. The summed E-state index contributed by atoms with van der Waals surface area (Å²) >= 11 is 0. The highest BCUT2D eigenvalue weighted by Gasteiger charge is 2.36. The molecule has 1 aliphatic rings. The number of ether oxygens (including phenoxy) is 1. The first-order chi connectivity index (χ1) is 14.2. The number of halogens is 6. The lowest BCUT2D eigenvalue weighted by Crippen LogP contribution is -2.23. The van der Waals surface area contributed by atoms with Gasteiger partial charge in [0.1, 0.15) is 5.82 Å². The van der Waals surface area contributed by atoms with E-state index in [1.54, 1.807) is 18.2 Å². The summed E-state index contributed by atoms with van der Waals surface area (Å²) in [6, 6.07) is 9.99. The van der Waals surface area contributed by atoms with Crippen molar-refractivity contribution in [1.29, 1.82) is 0 Å². The van der Waals surface area contributed by atoms with Gasteiger partial charge in [-0.1, -0.05) is 37.6 Å². The maximum absolute atomic E-state index is 14.4. The van der Waals surface area contributed by atoms with E-state index in [1.165, 1.54) is 6.07 Å². The second-order valence-electron chi connectivity index (χ2n) is 7.51. The Hall–Kier alpha value is -2.70. The highest BCUT2D eigenvalue weighted by Crippen LogP contribution is 2.46. The molecule has 0 bridgehead atoms. The Morgan fingerprint density at radius 1 is 0.933 bits per heavy atom. The zero-order valence-electron chi connectivity index (χ0n) is 16.0. The fourth-order valence-corrected chi connectivity index (χ4v) is 4.58. The van der Waals surface area contributed by atoms with E-state index >= 15 is 0 Å². The fraction of sp³-hybridized carbons (Fsp3) is 0.304. The Kier molecular flexibility index (Phi) is 5.16. The molecular weight excluding hydrogens is 406 g/mol. The summed E-state index contributed by atoms with van der Waals surface area (Å²) in [6.07, 6.45) is -3.08. The monoisotopic (exact) mass is 424 g/mol. The lowest BCUT2D eigenvalue weighted by atomic mass is 9.70. The number of hydrogen-bond donors (Lipinski definition) is 0. The Balaban J connectivity index is 1.86. The lowest BCUT2D eigenvalue weighted by Gasteiger charge is -2.34. The second-order valence-corrected chi connectivity index (χ2v) is 7.51. The quantitative estimate of drug-likeness (QED) is 0.402. The third kappa shape index (κ3) is 3.61. The molecule has 0 amide bonds. The van der Waals surface area contributed by atoms with Crippen LogP contribution in [0.1, 0.15) is 42.4 Å². The van der Waals surface area contributed by atoms with Crippen molar-refractivity contribution in [3.8, 4) is 5.75 Å². The van der Waals surface area contributed by atoms with Crippen molar-refractivity contribution in [2.45, 2.75) is 38.5 Å². The van der Waals surface area contributed by atoms with Crippen LogP contribution in [0.25, 0.3) is 10.8 Å². The van der Waals surface area contributed by atoms with Crippen molar-refractivity contribution in [2.24, 2.45) is 5.92 Å². The largest absolute Gasteiger partial charge is 0.573 e. The van der Waals surface area contributed by atoms with E-state index in [2.05, 4.69) is 4.74 Å². The summed E-state index contributed by atoms with van der Waals surface area (Å²) in [5.41, 5.74) is 1.95. The number of fused-ring (bicyclic) bond motifs is 3. The topological polar surface area (TPSA) is 9.23 Å². The van der Waals surface area contributed by atoms with Gasteiger partial charge in [0, 0.05) is 11.3 Å². The first kappa shape index (κ1) is 20.6. The van der Waals surface area contributed by atoms with E-state index in [4.69, 9.17) is 0 Å². The maximum Gasteiger partial charge on any atom is 0.573 e. The normalized spacial score (nSPS) is 19.0. The summed E-state index contributed by atoms with van der Waals surface area (Å²) < 4.78 is 83.9. The molecule has 0 heterocycles. The molecule has 0 saturated heterocycles. The van der Waals surface area contributed by atoms with Gasteiger partial charge >= 0.3 is 6.36 Å². The van der Waals surface area contributed by atoms with Crippen LogP contribution in [0.15, 0.2) is 42.5 Å². The number of benzene rings is 3. The molecular formula is C23H18F6O. The van der Waals surface area contributed by atoms with Crippen LogP contribution in [0.3, 0.4) is 0 Å². The molecule has 0 N–H and O–H groups in total. The summed E-state index contributed by atoms with van der Waals surface area (Å²) in [6.45, 7) is 1.96. The van der Waals surface area contributed by atoms with Crippen LogP contribution in [0, 0.1) is 23.4 Å². The molecule has 3 aromatic rings. The number of aryl methyl sites for hydroxylation is 1. The second kappa shape index (κ2) is 7.52. The Morgan fingerprint density at radius 2 is 1.63 bits per heavy atom. The molecule has 0 radical (unpaired) electrons. The van der Waals surface area contributed by atoms with Crippen molar-refractivity contribution in [1.82, 2.24) is 0 Å². The Labute approximate surface area is 169 Å². The Morgan fingerprint density at radius 3 is 2.27 bits per heavy atom. The van der Waals surface area contributed by atoms with Gasteiger partial charge in [0.2, 0.25) is 5.75 Å². The van der Waals surface area contributed by atoms with Crippen LogP contribution in [0.5, 0.6) is 5.75 Å². The molecule has 158 valence electrons. The molecule has 4 rings (SSSR count). The van der Waals surface area contributed by atoms with Gasteiger partial charge in [0.15, 0.2) is 11.6 Å². The molecule has 0 fully saturated rings. The minimum Gasteiger partial charge on any atom is -0.399 e. The zero-order chi connectivity index (χ0) is 21.6. The molecule has 0 unspecified atom stereocenters. The molecule has 0 aliphatic heterocycles. The van der Waals surface area contributed by atoms with E-state index < -0.39 is 29.7 Å². The highest BCUT2D eigenvalue weighted by molar-refractivity contribution is 5.88. The van der Waals surface area contributed by atoms with E-state index in [1.807, 2.05) is 13.0 Å². The third-order valence-corrected chi connectivity index (χ3v) is 5.85. The average molecular weight is 424 g/mol. The van der Waals surface area contributed by atoms with Crippen LogP contribution in [0.2, 0.25) is 0 Å². The molecule has 3 aromatic carbocycles. The minimum absolute atomic E-state index is 0.0386. The van der Waals surface area contributed by atoms with Crippen molar-refractivity contribution < 1.29 is 31.1 Å². The molecule has 1 nitrogen and oxygen atoms in total. The lowest BCUT2D eigenvalue weighted by molar-refractivity contribution is -0.276. The van der Waals surface area contributed by atoms with Crippen molar-refractivity contribution in [2.75, 3.05) is 0 Å². The molecule has 2 atom stereocenters. The average Bonchev–Trinajstić information content (AvgIpc) is 2.69. The molecule has 0 spiro atoms. The smallest absolute Gasteiger partial charge is 0.399 e. The van der Waals surface area contributed by atoms with Gasteiger partial charge in [0.05, 0.1) is 0 Å². The van der Waals surface area contributed by atoms with E-state index in [0.717, 1.165) is 35.1 Å². The van der Waals surface area contributed by atoms with Gasteiger partial charge in [-0.25, -0.2) is 13.2 Å². The first-order valence-corrected chi connectivity index (χ1v) is 9.64. The van der Waals surface area contributed by atoms with E-state index in [0.29, 0.717) is 18.2 Å². The number of hydrogen-bond acceptors (Lipinski definition) is 1. The summed E-state index contributed by atoms with van der Waals surface area (Å²) in [7, 11) is 0. The van der Waals surface area contributed by atoms with Gasteiger partial charge < -0.3 is 4.74 Å². The summed E-state index contributed by atoms with van der Waals surface area (Å²) in [4.78, 5) is 0. The van der Waals surface area contributed by atoms with Crippen LogP contribution < -0.4 is 4.74 Å². The first-order valence-electron chi connectivity index (χ1n) is 9.64. The number of rotatable bonds is 3. The van der Waals surface area contributed by atoms with Gasteiger partial charge in [-0.3, -0.25) is 0 Å². The summed E-state index contributed by atoms with van der Waals surface area (Å²) in [5, 5.41) is 1.21. The van der Waals surface area contributed by atoms with E-state index in [9.17, 15) is 26.3 Å². The molecule has 0 saturated carbocycles. The molecule has 7 heteroatoms. The SMILES string of the molecule is CC[C@@H]1CCc2c(ccc3c(F)cccc23)[C@H]1c1cc(F)c(OC(F)(F)F)c(F)c1. The molecule has 30 heavy (non-hydrogen) atoms. The maximum atomic E-state index is 14.4. The highest BCUT2D eigenvalue weighted by atomic mass is 19.4. The van der Waals surface area contributed by atoms with E-state index in [-0.39, 0.29) is 17.3 Å². The van der Waals surface area contributed by atoms with Gasteiger partial charge in [-0.15, -0.1) is 13.2 Å². The standard InChI is InChI=1S/C23H18F6O/c1-2-12-6-7-15-14-4-3-5-18(24)16(14)8-9-17(15)21(12)13-10-19(25)22(20(26)11-13)30-23(27,28)29/h3-5,8-12,21H,2,6-7H2,1H3/t12-,21-/m1/s1. The predicted molar refractivity (Wildman–Crippen MR) is 101 cm³/mol. The van der Waals surface area contributed by atoms with Crippen LogP contribution in [-0.2, 0) is 6.42 Å². The van der Waals surface area contributed by atoms with Crippen LogP contribution in [0.4, 0.5) is 26.3 Å². The van der Waals surface area contributed by atoms with Crippen molar-refractivity contribution in [3.05, 3.63) is 76.6 Å². The Bertz CT molecular complexity index is 1080. The van der Waals surface area contributed by atoms with Gasteiger partial charge in [-0.2, -0.15) is 0 Å². The summed E-state index contributed by atoms with van der Waals surface area (Å²) in [5.74, 6) is -5.01.